The first-order valence-corrected chi connectivity index (χ1v) is 14.4. The van der Waals surface area contributed by atoms with Crippen molar-refractivity contribution in [2.45, 2.75) is 99.9 Å². The molecule has 8 nitrogen and oxygen atoms in total. The Morgan fingerprint density at radius 2 is 1.82 bits per heavy atom. The molecule has 0 radical (unpaired) electrons. The number of hydrogen-bond donors (Lipinski definition) is 3. The zero-order valence-corrected chi connectivity index (χ0v) is 25.9. The minimum absolute atomic E-state index is 0.124. The van der Waals surface area contributed by atoms with Gasteiger partial charge in [-0.05, 0) is 50.2 Å². The van der Waals surface area contributed by atoms with Crippen LogP contribution in [0, 0.1) is 17.8 Å². The minimum Gasteiger partial charge on any atom is -0.391 e. The lowest BCUT2D eigenvalue weighted by molar-refractivity contribution is -0.130. The lowest BCUT2D eigenvalue weighted by atomic mass is 9.85. The summed E-state index contributed by atoms with van der Waals surface area (Å²) in [4.78, 5) is 39.2. The summed E-state index contributed by atoms with van der Waals surface area (Å²) in [5.41, 5.74) is 5.06. The van der Waals surface area contributed by atoms with Gasteiger partial charge < -0.3 is 20.6 Å². The zero-order chi connectivity index (χ0) is 29.8. The van der Waals surface area contributed by atoms with E-state index in [9.17, 15) is 14.4 Å². The molecular weight excluding hydrogens is 512 g/mol. The predicted octanol–water partition coefficient (Wildman–Crippen LogP) is 4.94. The minimum atomic E-state index is -0.301. The van der Waals surface area contributed by atoms with E-state index >= 15 is 0 Å². The fourth-order valence-electron chi connectivity index (χ4n) is 3.46. The lowest BCUT2D eigenvalue weighted by Crippen LogP contribution is -2.46. The molecule has 1 aromatic heterocycles. The van der Waals surface area contributed by atoms with Gasteiger partial charge in [0.05, 0.1) is 22.2 Å². The highest BCUT2D eigenvalue weighted by atomic mass is 32.1. The number of aliphatic hydroxyl groups is 1. The van der Waals surface area contributed by atoms with E-state index in [1.54, 1.807) is 16.2 Å². The van der Waals surface area contributed by atoms with E-state index in [0.29, 0.717) is 19.5 Å². The number of hydrogen-bond acceptors (Lipinski definition) is 6. The zero-order valence-electron chi connectivity index (χ0n) is 25.1. The summed E-state index contributed by atoms with van der Waals surface area (Å²) in [6.45, 7) is 19.5. The second kappa shape index (κ2) is 15.7. The Labute approximate surface area is 238 Å². The summed E-state index contributed by atoms with van der Waals surface area (Å²) in [7, 11) is 0. The Bertz CT molecular complexity index is 1030. The molecule has 218 valence electrons. The first kappa shape index (κ1) is 34.2. The molecule has 3 atom stereocenters. The first-order valence-electron chi connectivity index (χ1n) is 13.5. The van der Waals surface area contributed by atoms with Crippen LogP contribution in [-0.2, 0) is 20.9 Å². The van der Waals surface area contributed by atoms with Gasteiger partial charge in [0.1, 0.15) is 0 Å². The third-order valence-corrected chi connectivity index (χ3v) is 8.21. The highest BCUT2D eigenvalue weighted by Gasteiger charge is 2.29. The maximum atomic E-state index is 11.8. The van der Waals surface area contributed by atoms with Crippen molar-refractivity contribution in [3.05, 3.63) is 41.0 Å². The Balaban J connectivity index is 0.000000304. The number of β-amino-alcohol motifs (C(OH)–C–C–N with tert-alkyl or cyclic N) is 1. The number of aliphatic hydroxyl groups excluding tert-OH is 1. The number of amides is 3. The van der Waals surface area contributed by atoms with Crippen LogP contribution in [0.25, 0.3) is 10.4 Å². The summed E-state index contributed by atoms with van der Waals surface area (Å²) in [5, 5.41) is 14.7. The molecule has 2 aromatic rings. The van der Waals surface area contributed by atoms with Crippen LogP contribution in [0.4, 0.5) is 0 Å². The van der Waals surface area contributed by atoms with Gasteiger partial charge in [-0.25, -0.2) is 4.98 Å². The topological polar surface area (TPSA) is 112 Å². The molecule has 2 heterocycles. The van der Waals surface area contributed by atoms with E-state index in [1.165, 1.54) is 10.4 Å². The summed E-state index contributed by atoms with van der Waals surface area (Å²) in [6, 6.07) is 8.58. The van der Waals surface area contributed by atoms with Gasteiger partial charge >= 0.3 is 0 Å². The molecule has 0 spiro atoms. The third-order valence-electron chi connectivity index (χ3n) is 7.23. The number of likely N-dealkylation sites (tertiary alicyclic amines) is 1. The highest BCUT2D eigenvalue weighted by molar-refractivity contribution is 7.13. The summed E-state index contributed by atoms with van der Waals surface area (Å²) < 4.78 is 0. The van der Waals surface area contributed by atoms with Gasteiger partial charge in [-0.2, -0.15) is 0 Å². The van der Waals surface area contributed by atoms with Crippen molar-refractivity contribution < 1.29 is 19.5 Å². The van der Waals surface area contributed by atoms with Gasteiger partial charge in [-0.3, -0.25) is 14.4 Å². The number of carbonyl (C=O) groups is 3. The van der Waals surface area contributed by atoms with E-state index in [-0.39, 0.29) is 34.9 Å². The van der Waals surface area contributed by atoms with Gasteiger partial charge in [0.15, 0.2) is 0 Å². The normalized spacial score (nSPS) is 17.6. The monoisotopic (exact) mass is 560 g/mol. The van der Waals surface area contributed by atoms with Crippen molar-refractivity contribution >= 4 is 30.1 Å². The van der Waals surface area contributed by atoms with E-state index in [1.807, 2.05) is 52.3 Å². The fourth-order valence-corrected chi connectivity index (χ4v) is 4.27. The van der Waals surface area contributed by atoms with Crippen molar-refractivity contribution in [2.75, 3.05) is 6.54 Å². The molecular formula is C30H48N4O4S. The Morgan fingerprint density at radius 3 is 2.21 bits per heavy atom. The third kappa shape index (κ3) is 11.5. The van der Waals surface area contributed by atoms with Crippen molar-refractivity contribution in [1.29, 1.82) is 0 Å². The molecule has 9 heteroatoms. The summed E-state index contributed by atoms with van der Waals surface area (Å²) >= 11 is 1.64. The maximum Gasteiger partial charge on any atom is 0.225 e. The van der Waals surface area contributed by atoms with Crippen molar-refractivity contribution in [3.8, 4) is 10.4 Å². The molecule has 1 saturated heterocycles. The van der Waals surface area contributed by atoms with Crippen LogP contribution in [0.2, 0.25) is 0 Å². The smallest absolute Gasteiger partial charge is 0.225 e. The lowest BCUT2D eigenvalue weighted by Gasteiger charge is -2.31. The quantitative estimate of drug-likeness (QED) is 0.396. The molecule has 0 bridgehead atoms. The Hall–Kier alpha value is -2.78. The van der Waals surface area contributed by atoms with Crippen molar-refractivity contribution in [3.63, 3.8) is 0 Å². The van der Waals surface area contributed by atoms with Gasteiger partial charge in [-0.1, -0.05) is 65.8 Å². The number of benzene rings is 1. The molecule has 39 heavy (non-hydrogen) atoms. The van der Waals surface area contributed by atoms with Crippen molar-refractivity contribution in [2.24, 2.45) is 10.8 Å². The predicted molar refractivity (Wildman–Crippen MR) is 159 cm³/mol. The van der Waals surface area contributed by atoms with Crippen LogP contribution in [0.5, 0.6) is 0 Å². The summed E-state index contributed by atoms with van der Waals surface area (Å²) in [6.07, 6.45) is 2.79. The molecule has 3 unspecified atom stereocenters. The van der Waals surface area contributed by atoms with Gasteiger partial charge in [0.2, 0.25) is 18.7 Å². The SMILES string of the molecule is CC1CC(O)CN1C=O.CCC(C)(C)C(=O)NC(C)C(C)(C)C.Cc1ncsc1-c1ccc(CNC=O)cc1. The average Bonchev–Trinajstić information content (AvgIpc) is 3.46. The first-order chi connectivity index (χ1) is 18.2. The second-order valence-corrected chi connectivity index (χ2v) is 12.7. The fraction of sp³-hybridized carbons (Fsp3) is 0.600. The molecule has 0 saturated carbocycles. The van der Waals surface area contributed by atoms with Crippen LogP contribution in [0.3, 0.4) is 0 Å². The molecule has 3 rings (SSSR count). The van der Waals surface area contributed by atoms with Gasteiger partial charge in [-0.15, -0.1) is 11.3 Å². The van der Waals surface area contributed by atoms with E-state index < -0.39 is 0 Å². The van der Waals surface area contributed by atoms with Crippen molar-refractivity contribution in [1.82, 2.24) is 20.5 Å². The largest absolute Gasteiger partial charge is 0.391 e. The Kier molecular flexibility index (Phi) is 13.8. The molecule has 1 aliphatic rings. The molecule has 3 amide bonds. The van der Waals surface area contributed by atoms with Gasteiger partial charge in [0, 0.05) is 30.6 Å². The van der Waals surface area contributed by atoms with Crippen LogP contribution < -0.4 is 10.6 Å². The van der Waals surface area contributed by atoms with E-state index in [2.05, 4.69) is 55.4 Å². The number of rotatable bonds is 8. The van der Waals surface area contributed by atoms with E-state index in [0.717, 1.165) is 30.5 Å². The number of nitrogens with one attached hydrogen (secondary N) is 2. The maximum absolute atomic E-state index is 11.8. The van der Waals surface area contributed by atoms with Crippen LogP contribution >= 0.6 is 11.3 Å². The molecule has 1 aliphatic heterocycles. The highest BCUT2D eigenvalue weighted by Crippen LogP contribution is 2.27. The standard InChI is InChI=1S/C12H12N2OS.C12H25NO.C6H11NO2/c1-9-12(16-8-14-9)11-4-2-10(3-5-11)6-13-7-15;1-8-12(6,7)10(14)13-9(2)11(3,4)5;1-5-2-6(9)3-7(5)4-8/h2-5,7-8H,6H2,1H3,(H,13,15);9H,8H2,1-7H3,(H,13,14);4-6,9H,2-3H2,1H3. The number of aromatic nitrogens is 1. The average molecular weight is 561 g/mol. The summed E-state index contributed by atoms with van der Waals surface area (Å²) in [5.74, 6) is 0.155. The van der Waals surface area contributed by atoms with Crippen LogP contribution in [0.1, 0.15) is 79.5 Å². The van der Waals surface area contributed by atoms with Crippen LogP contribution in [0.15, 0.2) is 29.8 Å². The Morgan fingerprint density at radius 1 is 1.21 bits per heavy atom. The number of thiazole rings is 1. The molecule has 1 fully saturated rings. The second-order valence-electron chi connectivity index (χ2n) is 11.8. The van der Waals surface area contributed by atoms with E-state index in [4.69, 9.17) is 5.11 Å². The number of carbonyl (C=O) groups excluding carboxylic acids is 3. The molecule has 0 aliphatic carbocycles. The van der Waals surface area contributed by atoms with Gasteiger partial charge in [0.25, 0.3) is 0 Å². The number of nitrogens with zero attached hydrogens (tertiary/aromatic N) is 2. The van der Waals surface area contributed by atoms with Crippen LogP contribution in [-0.4, -0.2) is 58.5 Å². The number of aryl methyl sites for hydroxylation is 1. The molecule has 3 N–H and O–H groups in total. The molecule has 1 aromatic carbocycles.